The molecule has 0 atom stereocenters. The van der Waals surface area contributed by atoms with Crippen LogP contribution in [0.3, 0.4) is 0 Å². The molecule has 35 heavy (non-hydrogen) atoms. The third-order valence-corrected chi connectivity index (χ3v) is 4.77. The van der Waals surface area contributed by atoms with Crippen LogP contribution in [-0.4, -0.2) is 113 Å². The fourth-order valence-electron chi connectivity index (χ4n) is 2.35. The van der Waals surface area contributed by atoms with Crippen LogP contribution in [0.15, 0.2) is 28.6 Å². The molecule has 1 heterocycles. The minimum atomic E-state index is -2.74. The van der Waals surface area contributed by atoms with Gasteiger partial charge in [-0.25, -0.2) is 4.79 Å². The van der Waals surface area contributed by atoms with E-state index in [-0.39, 0.29) is 26.2 Å². The molecule has 0 amide bonds. The average Bonchev–Trinajstić information content (AvgIpc) is 3.12. The van der Waals surface area contributed by atoms with Crippen LogP contribution in [0.2, 0.25) is 0 Å². The standard InChI is InChI=1S/C13H22N4O3S.C6H8O7.Bi/c1-14-13(9-17(18)19)15-6-7-21-10-12-5-4-11(20-12)8-16(2)3;7-3(8)1-6(13,5(11)12)2-4(9)10;/h4-5,9,14-15H,6-8,10H2,1-3H3;13H,1-2H2,(H,7,8)(H,9,10)(H,11,12);. The number of carbonyl (C=O) groups is 3. The van der Waals surface area contributed by atoms with Crippen LogP contribution >= 0.6 is 11.8 Å². The molecule has 1 aromatic heterocycles. The summed E-state index contributed by atoms with van der Waals surface area (Å²) in [7, 11) is 5.64. The first-order valence-electron chi connectivity index (χ1n) is 9.75. The fourth-order valence-corrected chi connectivity index (χ4v) is 3.09. The van der Waals surface area contributed by atoms with Gasteiger partial charge in [0, 0.05) is 45.5 Å². The fraction of sp³-hybridized carbons (Fsp3) is 0.526. The van der Waals surface area contributed by atoms with E-state index in [0.717, 1.165) is 35.8 Å². The number of aliphatic carboxylic acids is 3. The number of nitrogens with zero attached hydrogens (tertiary/aromatic N) is 2. The van der Waals surface area contributed by atoms with Gasteiger partial charge in [0.05, 0.1) is 30.1 Å². The van der Waals surface area contributed by atoms with Crippen LogP contribution in [0.1, 0.15) is 24.4 Å². The maximum Gasteiger partial charge on any atom is 0.336 e. The quantitative estimate of drug-likeness (QED) is 0.0602. The molecule has 1 rings (SSSR count). The minimum Gasteiger partial charge on any atom is -0.481 e. The number of hydrogen-bond acceptors (Lipinski definition) is 11. The van der Waals surface area contributed by atoms with Gasteiger partial charge in [0.25, 0.3) is 6.20 Å². The van der Waals surface area contributed by atoms with Crippen molar-refractivity contribution >= 4 is 55.9 Å². The van der Waals surface area contributed by atoms with Gasteiger partial charge in [-0.3, -0.25) is 19.7 Å². The van der Waals surface area contributed by atoms with E-state index in [1.807, 2.05) is 26.2 Å². The van der Waals surface area contributed by atoms with Crippen molar-refractivity contribution in [1.29, 1.82) is 0 Å². The Kier molecular flexibility index (Phi) is 17.8. The first-order valence-corrected chi connectivity index (χ1v) is 10.9. The summed E-state index contributed by atoms with van der Waals surface area (Å²) in [5, 5.41) is 49.9. The topological polar surface area (TPSA) is 216 Å². The number of carboxylic acids is 3. The Morgan fingerprint density at radius 3 is 2.14 bits per heavy atom. The molecule has 14 nitrogen and oxygen atoms in total. The molecule has 0 aliphatic carbocycles. The molecule has 0 aromatic carbocycles. The van der Waals surface area contributed by atoms with Gasteiger partial charge in [0.1, 0.15) is 11.5 Å². The Labute approximate surface area is 225 Å². The molecule has 197 valence electrons. The Bertz CT molecular complexity index is 846. The zero-order valence-corrected chi connectivity index (χ0v) is 23.8. The van der Waals surface area contributed by atoms with Crippen molar-refractivity contribution in [3.05, 3.63) is 45.8 Å². The Morgan fingerprint density at radius 1 is 1.17 bits per heavy atom. The second kappa shape index (κ2) is 17.9. The predicted octanol–water partition coefficient (Wildman–Crippen LogP) is -0.170. The molecule has 0 bridgehead atoms. The molecule has 1 aromatic rings. The molecule has 0 fully saturated rings. The summed E-state index contributed by atoms with van der Waals surface area (Å²) in [5.41, 5.74) is -2.74. The van der Waals surface area contributed by atoms with Crippen molar-refractivity contribution in [3.63, 3.8) is 0 Å². The van der Waals surface area contributed by atoms with Gasteiger partial charge in [0.15, 0.2) is 11.4 Å². The van der Waals surface area contributed by atoms with Gasteiger partial charge in [-0.2, -0.15) is 11.8 Å². The van der Waals surface area contributed by atoms with Crippen LogP contribution in [0.25, 0.3) is 0 Å². The van der Waals surface area contributed by atoms with Crippen molar-refractivity contribution < 1.29 is 44.2 Å². The van der Waals surface area contributed by atoms with Crippen molar-refractivity contribution in [2.75, 3.05) is 33.4 Å². The van der Waals surface area contributed by atoms with E-state index in [1.165, 1.54) is 0 Å². The number of nitrogens with one attached hydrogen (secondary N) is 2. The number of hydrogen-bond donors (Lipinski definition) is 6. The van der Waals surface area contributed by atoms with Crippen LogP contribution < -0.4 is 10.6 Å². The van der Waals surface area contributed by atoms with E-state index in [0.29, 0.717) is 12.4 Å². The summed E-state index contributed by atoms with van der Waals surface area (Å²) in [4.78, 5) is 42.4. The number of furan rings is 1. The molecule has 3 radical (unpaired) electrons. The molecule has 0 unspecified atom stereocenters. The van der Waals surface area contributed by atoms with Gasteiger partial charge < -0.3 is 40.4 Å². The molecule has 0 saturated carbocycles. The molecule has 16 heteroatoms. The van der Waals surface area contributed by atoms with E-state index in [9.17, 15) is 24.5 Å². The SMILES string of the molecule is CNC(=C[N+](=O)[O-])NCCSCc1ccc(CN(C)C)o1.O=C(O)CC(O)(CC(=O)O)C(=O)O.[Bi]. The summed E-state index contributed by atoms with van der Waals surface area (Å²) in [5.74, 6) is -1.07. The van der Waals surface area contributed by atoms with Gasteiger partial charge in [-0.1, -0.05) is 0 Å². The summed E-state index contributed by atoms with van der Waals surface area (Å²) >= 11 is 1.72. The third kappa shape index (κ3) is 16.8. The molecule has 6 N–H and O–H groups in total. The molecule has 0 saturated heterocycles. The Balaban J connectivity index is 0. The molecular weight excluding hydrogens is 685 g/mol. The van der Waals surface area contributed by atoms with Crippen molar-refractivity contribution in [2.24, 2.45) is 0 Å². The maximum absolute atomic E-state index is 10.3. The van der Waals surface area contributed by atoms with Crippen LogP contribution in [0.5, 0.6) is 0 Å². The average molecular weight is 716 g/mol. The van der Waals surface area contributed by atoms with Crippen LogP contribution in [-0.2, 0) is 26.7 Å². The largest absolute Gasteiger partial charge is 0.481 e. The van der Waals surface area contributed by atoms with Crippen molar-refractivity contribution in [3.8, 4) is 0 Å². The van der Waals surface area contributed by atoms with E-state index >= 15 is 0 Å². The van der Waals surface area contributed by atoms with Gasteiger partial charge in [-0.05, 0) is 26.2 Å². The zero-order valence-electron chi connectivity index (χ0n) is 19.5. The third-order valence-electron chi connectivity index (χ3n) is 3.78. The van der Waals surface area contributed by atoms with E-state index in [1.54, 1.807) is 18.8 Å². The van der Waals surface area contributed by atoms with Crippen molar-refractivity contribution in [2.45, 2.75) is 30.7 Å². The predicted molar refractivity (Wildman–Crippen MR) is 127 cm³/mol. The number of thioether (sulfide) groups is 1. The first-order chi connectivity index (χ1) is 15.8. The van der Waals surface area contributed by atoms with Crippen LogP contribution in [0.4, 0.5) is 0 Å². The van der Waals surface area contributed by atoms with Crippen molar-refractivity contribution in [1.82, 2.24) is 15.5 Å². The zero-order chi connectivity index (χ0) is 26.3. The molecule has 0 spiro atoms. The summed E-state index contributed by atoms with van der Waals surface area (Å²) in [6.45, 7) is 1.44. The first kappa shape index (κ1) is 34.7. The second-order valence-electron chi connectivity index (χ2n) is 7.14. The van der Waals surface area contributed by atoms with E-state index in [4.69, 9.17) is 24.8 Å². The second-order valence-corrected chi connectivity index (χ2v) is 8.25. The van der Waals surface area contributed by atoms with E-state index < -0.39 is 41.3 Å². The van der Waals surface area contributed by atoms with Crippen LogP contribution in [0, 0.1) is 10.1 Å². The van der Waals surface area contributed by atoms with Gasteiger partial charge in [0.2, 0.25) is 0 Å². The summed E-state index contributed by atoms with van der Waals surface area (Å²) < 4.78 is 5.70. The summed E-state index contributed by atoms with van der Waals surface area (Å²) in [6, 6.07) is 3.98. The summed E-state index contributed by atoms with van der Waals surface area (Å²) in [6.07, 6.45) is -1.37. The maximum atomic E-state index is 10.3. The smallest absolute Gasteiger partial charge is 0.336 e. The monoisotopic (exact) mass is 715 g/mol. The molecular formula is C19H30BiN4O10S. The normalized spacial score (nSPS) is 11.1. The number of carboxylic acid groups (broad SMARTS) is 3. The van der Waals surface area contributed by atoms with E-state index in [2.05, 4.69) is 15.5 Å². The minimum absolute atomic E-state index is 0. The Hall–Kier alpha value is -2.42. The Morgan fingerprint density at radius 2 is 1.71 bits per heavy atom. The molecule has 0 aliphatic heterocycles. The number of rotatable bonds is 15. The number of nitro groups is 1. The van der Waals surface area contributed by atoms with Gasteiger partial charge in [-0.15, -0.1) is 0 Å². The number of aliphatic hydroxyl groups is 1. The van der Waals surface area contributed by atoms with Gasteiger partial charge >= 0.3 is 17.9 Å². The molecule has 0 aliphatic rings.